The lowest BCUT2D eigenvalue weighted by Crippen LogP contribution is -2.43. The molecule has 1 rings (SSSR count). The first-order valence-corrected chi connectivity index (χ1v) is 7.25. The van der Waals surface area contributed by atoms with Crippen LogP contribution in [0.3, 0.4) is 0 Å². The average Bonchev–Trinajstić information content (AvgIpc) is 2.42. The largest absolute Gasteiger partial charge is 0.481 e. The second kappa shape index (κ2) is 9.06. The molecule has 1 unspecified atom stereocenters. The third kappa shape index (κ3) is 5.57. The fraction of sp³-hybridized carbons (Fsp3) is 0.500. The first-order valence-electron chi connectivity index (χ1n) is 6.34. The normalized spacial score (nSPS) is 12.0. The fourth-order valence-electron chi connectivity index (χ4n) is 1.69. The van der Waals surface area contributed by atoms with Crippen LogP contribution in [0.15, 0.2) is 24.3 Å². The van der Waals surface area contributed by atoms with Crippen molar-refractivity contribution in [3.63, 3.8) is 0 Å². The first-order chi connectivity index (χ1) is 9.58. The van der Waals surface area contributed by atoms with Gasteiger partial charge in [-0.2, -0.15) is 0 Å². The number of hydrogen-bond donors (Lipinski definition) is 0. The van der Waals surface area contributed by atoms with Gasteiger partial charge in [0.15, 0.2) is 6.10 Å². The van der Waals surface area contributed by atoms with Gasteiger partial charge in [-0.15, -0.1) is 11.6 Å². The molecule has 0 radical (unpaired) electrons. The summed E-state index contributed by atoms with van der Waals surface area (Å²) in [4.78, 5) is 13.9. The van der Waals surface area contributed by atoms with E-state index >= 15 is 0 Å². The average molecular weight is 320 g/mol. The fourth-order valence-corrected chi connectivity index (χ4v) is 2.07. The summed E-state index contributed by atoms with van der Waals surface area (Å²) in [7, 11) is 1.59. The van der Waals surface area contributed by atoms with E-state index in [1.165, 1.54) is 0 Å². The SMILES string of the molecule is COCCN(CCCl)C(=O)C(C)Oc1cccc(Cl)c1. The Morgan fingerprint density at radius 2 is 2.15 bits per heavy atom. The highest BCUT2D eigenvalue weighted by atomic mass is 35.5. The van der Waals surface area contributed by atoms with E-state index in [1.807, 2.05) is 0 Å². The molecule has 0 heterocycles. The summed E-state index contributed by atoms with van der Waals surface area (Å²) in [6.07, 6.45) is -0.603. The molecule has 1 amide bonds. The van der Waals surface area contributed by atoms with Gasteiger partial charge in [-0.1, -0.05) is 17.7 Å². The van der Waals surface area contributed by atoms with E-state index < -0.39 is 6.10 Å². The van der Waals surface area contributed by atoms with E-state index in [2.05, 4.69) is 0 Å². The molecule has 112 valence electrons. The van der Waals surface area contributed by atoms with Crippen molar-refractivity contribution in [3.8, 4) is 5.75 Å². The van der Waals surface area contributed by atoms with Crippen molar-refractivity contribution < 1.29 is 14.3 Å². The van der Waals surface area contributed by atoms with Gasteiger partial charge in [0.2, 0.25) is 0 Å². The smallest absolute Gasteiger partial charge is 0.263 e. The molecule has 0 aromatic heterocycles. The van der Waals surface area contributed by atoms with Gasteiger partial charge in [-0.3, -0.25) is 4.79 Å². The molecular weight excluding hydrogens is 301 g/mol. The van der Waals surface area contributed by atoms with Crippen LogP contribution in [0.25, 0.3) is 0 Å². The lowest BCUT2D eigenvalue weighted by atomic mass is 10.3. The summed E-state index contributed by atoms with van der Waals surface area (Å²) in [6, 6.07) is 6.96. The highest BCUT2D eigenvalue weighted by Gasteiger charge is 2.21. The van der Waals surface area contributed by atoms with Gasteiger partial charge in [-0.25, -0.2) is 0 Å². The molecule has 0 N–H and O–H groups in total. The Balaban J connectivity index is 2.63. The molecule has 0 bridgehead atoms. The minimum atomic E-state index is -0.603. The zero-order chi connectivity index (χ0) is 15.0. The summed E-state index contributed by atoms with van der Waals surface area (Å²) in [6.45, 7) is 3.13. The number of hydrogen-bond acceptors (Lipinski definition) is 3. The molecule has 20 heavy (non-hydrogen) atoms. The topological polar surface area (TPSA) is 38.8 Å². The quantitative estimate of drug-likeness (QED) is 0.692. The molecular formula is C14H19Cl2NO3. The Hall–Kier alpha value is -0.970. The van der Waals surface area contributed by atoms with Crippen molar-refractivity contribution >= 4 is 29.1 Å². The molecule has 0 saturated carbocycles. The number of carbonyl (C=O) groups is 1. The molecule has 1 aromatic rings. The van der Waals surface area contributed by atoms with Gasteiger partial charge in [0.25, 0.3) is 5.91 Å². The van der Waals surface area contributed by atoms with Crippen LogP contribution in [0.4, 0.5) is 0 Å². The van der Waals surface area contributed by atoms with Crippen LogP contribution in [-0.2, 0) is 9.53 Å². The van der Waals surface area contributed by atoms with E-state index in [4.69, 9.17) is 32.7 Å². The van der Waals surface area contributed by atoms with Crippen LogP contribution < -0.4 is 4.74 Å². The van der Waals surface area contributed by atoms with Crippen LogP contribution in [0, 0.1) is 0 Å². The summed E-state index contributed by atoms with van der Waals surface area (Å²) >= 11 is 11.6. The number of nitrogens with zero attached hydrogens (tertiary/aromatic N) is 1. The lowest BCUT2D eigenvalue weighted by molar-refractivity contribution is -0.138. The second-order valence-electron chi connectivity index (χ2n) is 4.22. The molecule has 0 spiro atoms. The van der Waals surface area contributed by atoms with Crippen LogP contribution in [0.5, 0.6) is 5.75 Å². The highest BCUT2D eigenvalue weighted by Crippen LogP contribution is 2.18. The van der Waals surface area contributed by atoms with Crippen molar-refractivity contribution in [3.05, 3.63) is 29.3 Å². The van der Waals surface area contributed by atoms with E-state index in [-0.39, 0.29) is 5.91 Å². The number of methoxy groups -OCH3 is 1. The van der Waals surface area contributed by atoms with Crippen LogP contribution in [-0.4, -0.2) is 49.6 Å². The van der Waals surface area contributed by atoms with E-state index in [1.54, 1.807) is 43.2 Å². The van der Waals surface area contributed by atoms with Crippen LogP contribution >= 0.6 is 23.2 Å². The maximum atomic E-state index is 12.3. The van der Waals surface area contributed by atoms with Crippen molar-refractivity contribution in [2.24, 2.45) is 0 Å². The predicted octanol–water partition coefficient (Wildman–Crippen LogP) is 2.82. The molecule has 0 aliphatic heterocycles. The van der Waals surface area contributed by atoms with Crippen molar-refractivity contribution in [2.45, 2.75) is 13.0 Å². The van der Waals surface area contributed by atoms with Crippen molar-refractivity contribution in [2.75, 3.05) is 32.7 Å². The molecule has 0 saturated heterocycles. The number of rotatable bonds is 8. The Labute approximate surface area is 129 Å². The number of halogens is 2. The minimum Gasteiger partial charge on any atom is -0.481 e. The van der Waals surface area contributed by atoms with Crippen molar-refractivity contribution in [1.82, 2.24) is 4.90 Å². The number of ether oxygens (including phenoxy) is 2. The maximum absolute atomic E-state index is 12.3. The zero-order valence-electron chi connectivity index (χ0n) is 11.6. The summed E-state index contributed by atoms with van der Waals surface area (Å²) in [5.41, 5.74) is 0. The molecule has 0 fully saturated rings. The van der Waals surface area contributed by atoms with Gasteiger partial charge < -0.3 is 14.4 Å². The third-order valence-corrected chi connectivity index (χ3v) is 3.09. The maximum Gasteiger partial charge on any atom is 0.263 e. The first kappa shape index (κ1) is 17.1. The van der Waals surface area contributed by atoms with E-state index in [0.717, 1.165) is 0 Å². The Bertz CT molecular complexity index is 429. The molecule has 1 atom stereocenters. The summed E-state index contributed by atoms with van der Waals surface area (Å²) < 4.78 is 10.6. The zero-order valence-corrected chi connectivity index (χ0v) is 13.2. The highest BCUT2D eigenvalue weighted by molar-refractivity contribution is 6.30. The predicted molar refractivity (Wildman–Crippen MR) is 80.7 cm³/mol. The number of benzene rings is 1. The van der Waals surface area contributed by atoms with Crippen molar-refractivity contribution in [1.29, 1.82) is 0 Å². The Morgan fingerprint density at radius 1 is 1.40 bits per heavy atom. The minimum absolute atomic E-state index is 0.123. The lowest BCUT2D eigenvalue weighted by Gasteiger charge is -2.25. The van der Waals surface area contributed by atoms with Gasteiger partial charge in [0, 0.05) is 31.1 Å². The molecule has 6 heteroatoms. The Morgan fingerprint density at radius 3 is 2.75 bits per heavy atom. The number of carbonyl (C=O) groups excluding carboxylic acids is 1. The standard InChI is InChI=1S/C14H19Cl2NO3/c1-11(20-13-5-3-4-12(16)10-13)14(18)17(7-6-15)8-9-19-2/h3-5,10-11H,6-9H2,1-2H3. The van der Waals surface area contributed by atoms with Crippen LogP contribution in [0.2, 0.25) is 5.02 Å². The molecule has 1 aromatic carbocycles. The summed E-state index contributed by atoms with van der Waals surface area (Å²) in [5, 5.41) is 0.569. The molecule has 4 nitrogen and oxygen atoms in total. The van der Waals surface area contributed by atoms with E-state index in [9.17, 15) is 4.79 Å². The molecule has 0 aliphatic carbocycles. The molecule has 0 aliphatic rings. The number of amides is 1. The third-order valence-electron chi connectivity index (χ3n) is 2.69. The number of alkyl halides is 1. The van der Waals surface area contributed by atoms with Gasteiger partial charge in [-0.05, 0) is 25.1 Å². The Kier molecular flexibility index (Phi) is 7.73. The van der Waals surface area contributed by atoms with E-state index in [0.29, 0.717) is 36.3 Å². The summed E-state index contributed by atoms with van der Waals surface area (Å²) in [5.74, 6) is 0.817. The monoisotopic (exact) mass is 319 g/mol. The van der Waals surface area contributed by atoms with Crippen LogP contribution in [0.1, 0.15) is 6.92 Å². The van der Waals surface area contributed by atoms with Gasteiger partial charge in [0.05, 0.1) is 6.61 Å². The van der Waals surface area contributed by atoms with Gasteiger partial charge >= 0.3 is 0 Å². The van der Waals surface area contributed by atoms with Gasteiger partial charge in [0.1, 0.15) is 5.75 Å². The second-order valence-corrected chi connectivity index (χ2v) is 5.04.